The van der Waals surface area contributed by atoms with E-state index in [4.69, 9.17) is 34.8 Å². The van der Waals surface area contributed by atoms with Gasteiger partial charge in [0, 0.05) is 15.1 Å². The number of halogens is 3. The van der Waals surface area contributed by atoms with E-state index in [9.17, 15) is 0 Å². The molecule has 0 N–H and O–H groups in total. The molecule has 0 saturated carbocycles. The first-order valence-electron chi connectivity index (χ1n) is 9.73. The molecule has 0 fully saturated rings. The van der Waals surface area contributed by atoms with E-state index in [1.54, 1.807) is 0 Å². The second-order valence-electron chi connectivity index (χ2n) is 7.02. The van der Waals surface area contributed by atoms with Gasteiger partial charge in [0.05, 0.1) is 6.16 Å². The topological polar surface area (TPSA) is 0 Å². The van der Waals surface area contributed by atoms with Crippen LogP contribution in [0.1, 0.15) is 32.6 Å². The monoisotopic (exact) mass is 449 g/mol. The Morgan fingerprint density at radius 1 is 0.536 bits per heavy atom. The van der Waals surface area contributed by atoms with Gasteiger partial charge in [-0.15, -0.1) is 0 Å². The molecule has 0 radical (unpaired) electrons. The molecule has 0 heterocycles. The van der Waals surface area contributed by atoms with Crippen LogP contribution in [0, 0.1) is 0 Å². The number of rotatable bonds is 8. The van der Waals surface area contributed by atoms with Crippen LogP contribution in [0.15, 0.2) is 72.8 Å². The lowest BCUT2D eigenvalue weighted by atomic mass is 10.2. The van der Waals surface area contributed by atoms with E-state index in [-0.39, 0.29) is 0 Å². The maximum absolute atomic E-state index is 6.22. The average molecular weight is 451 g/mol. The van der Waals surface area contributed by atoms with Crippen molar-refractivity contribution in [3.05, 3.63) is 87.9 Å². The Morgan fingerprint density at radius 2 is 0.893 bits per heavy atom. The first kappa shape index (κ1) is 21.7. The summed E-state index contributed by atoms with van der Waals surface area (Å²) in [5.74, 6) is 0. The van der Waals surface area contributed by atoms with Crippen molar-refractivity contribution in [1.29, 1.82) is 0 Å². The molecule has 0 saturated heterocycles. The van der Waals surface area contributed by atoms with Gasteiger partial charge in [-0.2, -0.15) is 0 Å². The van der Waals surface area contributed by atoms with Crippen LogP contribution in [0.25, 0.3) is 0 Å². The highest BCUT2D eigenvalue weighted by atomic mass is 35.5. The molecule has 146 valence electrons. The first-order valence-corrected chi connectivity index (χ1v) is 12.8. The number of hydrogen-bond donors (Lipinski definition) is 0. The Labute approximate surface area is 184 Å². The van der Waals surface area contributed by atoms with Crippen LogP contribution in [0.4, 0.5) is 0 Å². The van der Waals surface area contributed by atoms with E-state index in [1.165, 1.54) is 41.6 Å². The van der Waals surface area contributed by atoms with Gasteiger partial charge in [0.1, 0.15) is 23.2 Å². The van der Waals surface area contributed by atoms with Gasteiger partial charge in [-0.05, 0) is 85.6 Å². The van der Waals surface area contributed by atoms with Crippen molar-refractivity contribution < 1.29 is 0 Å². The molecule has 0 spiro atoms. The summed E-state index contributed by atoms with van der Waals surface area (Å²) in [6.45, 7) is 2.25. The molecule has 0 aliphatic carbocycles. The molecule has 3 aromatic rings. The second-order valence-corrected chi connectivity index (χ2v) is 11.9. The largest absolute Gasteiger partial charge is 0.112 e. The summed E-state index contributed by atoms with van der Waals surface area (Å²) < 4.78 is 0. The lowest BCUT2D eigenvalue weighted by molar-refractivity contribution is 0.705. The molecule has 0 nitrogen and oxygen atoms in total. The minimum absolute atomic E-state index is 0.764. The molecule has 0 aliphatic rings. The molecule has 0 unspecified atom stereocenters. The zero-order valence-electron chi connectivity index (χ0n) is 16.0. The van der Waals surface area contributed by atoms with Crippen LogP contribution < -0.4 is 15.9 Å². The normalized spacial score (nSPS) is 11.6. The molecule has 3 rings (SSSR count). The molecule has 3 aromatic carbocycles. The highest BCUT2D eigenvalue weighted by molar-refractivity contribution is 7.95. The van der Waals surface area contributed by atoms with Crippen LogP contribution in [-0.4, -0.2) is 6.16 Å². The average Bonchev–Trinajstić information content (AvgIpc) is 2.71. The summed E-state index contributed by atoms with van der Waals surface area (Å²) in [5, 5.41) is 6.33. The van der Waals surface area contributed by atoms with Gasteiger partial charge in [0.2, 0.25) is 0 Å². The van der Waals surface area contributed by atoms with Crippen molar-refractivity contribution in [3.8, 4) is 0 Å². The first-order chi connectivity index (χ1) is 13.6. The molecule has 0 atom stereocenters. The minimum atomic E-state index is -1.83. The quantitative estimate of drug-likeness (QED) is 0.246. The van der Waals surface area contributed by atoms with Crippen molar-refractivity contribution in [3.63, 3.8) is 0 Å². The van der Waals surface area contributed by atoms with E-state index in [0.29, 0.717) is 0 Å². The summed E-state index contributed by atoms with van der Waals surface area (Å²) >= 11 is 18.7. The van der Waals surface area contributed by atoms with Gasteiger partial charge >= 0.3 is 0 Å². The molecular weight excluding hydrogens is 426 g/mol. The molecule has 4 heteroatoms. The highest BCUT2D eigenvalue weighted by Gasteiger charge is 2.44. The van der Waals surface area contributed by atoms with Crippen molar-refractivity contribution in [2.24, 2.45) is 0 Å². The Hall–Kier alpha value is -1.04. The standard InChI is InChI=1S/C24H25Cl3P/c1-2-3-4-5-18-28(22-12-6-19(25)7-13-22,23-14-8-20(26)9-15-23)24-16-10-21(27)11-17-24/h6-17H,2-5,18H2,1H3/q+1. The lowest BCUT2D eigenvalue weighted by Crippen LogP contribution is -2.33. The zero-order chi connectivity index (χ0) is 20.0. The van der Waals surface area contributed by atoms with E-state index in [0.717, 1.165) is 21.2 Å². The second kappa shape index (κ2) is 10.1. The van der Waals surface area contributed by atoms with Crippen LogP contribution in [0.3, 0.4) is 0 Å². The van der Waals surface area contributed by atoms with Gasteiger partial charge in [-0.25, -0.2) is 0 Å². The lowest BCUT2D eigenvalue weighted by Gasteiger charge is -2.28. The van der Waals surface area contributed by atoms with Gasteiger partial charge in [-0.1, -0.05) is 54.6 Å². The predicted octanol–water partition coefficient (Wildman–Crippen LogP) is 7.52. The third-order valence-corrected chi connectivity index (χ3v) is 10.4. The zero-order valence-corrected chi connectivity index (χ0v) is 19.2. The van der Waals surface area contributed by atoms with Gasteiger partial charge in [0.15, 0.2) is 0 Å². The molecular formula is C24H25Cl3P+. The van der Waals surface area contributed by atoms with E-state index in [1.807, 2.05) is 36.4 Å². The fraction of sp³-hybridized carbons (Fsp3) is 0.250. The van der Waals surface area contributed by atoms with Crippen LogP contribution in [-0.2, 0) is 0 Å². The van der Waals surface area contributed by atoms with Gasteiger partial charge in [-0.3, -0.25) is 0 Å². The molecule has 28 heavy (non-hydrogen) atoms. The van der Waals surface area contributed by atoms with E-state index >= 15 is 0 Å². The molecule has 0 aromatic heterocycles. The smallest absolute Gasteiger partial charge is 0.0843 e. The van der Waals surface area contributed by atoms with Gasteiger partial charge < -0.3 is 0 Å². The van der Waals surface area contributed by atoms with E-state index < -0.39 is 7.26 Å². The predicted molar refractivity (Wildman–Crippen MR) is 129 cm³/mol. The molecule has 0 aliphatic heterocycles. The van der Waals surface area contributed by atoms with Crippen LogP contribution >= 0.6 is 42.1 Å². The van der Waals surface area contributed by atoms with Crippen molar-refractivity contribution in [1.82, 2.24) is 0 Å². The Bertz CT molecular complexity index is 760. The van der Waals surface area contributed by atoms with E-state index in [2.05, 4.69) is 43.3 Å². The van der Waals surface area contributed by atoms with Crippen molar-refractivity contribution in [2.45, 2.75) is 32.6 Å². The molecule has 0 amide bonds. The number of hydrogen-bond acceptors (Lipinski definition) is 0. The number of benzene rings is 3. The summed E-state index contributed by atoms with van der Waals surface area (Å²) in [7, 11) is -1.83. The summed E-state index contributed by atoms with van der Waals surface area (Å²) in [5.41, 5.74) is 0. The van der Waals surface area contributed by atoms with Gasteiger partial charge in [0.25, 0.3) is 0 Å². The Balaban J connectivity index is 2.18. The van der Waals surface area contributed by atoms with Crippen LogP contribution in [0.2, 0.25) is 15.1 Å². The Kier molecular flexibility index (Phi) is 7.84. The maximum Gasteiger partial charge on any atom is 0.112 e. The summed E-state index contributed by atoms with van der Waals surface area (Å²) in [6, 6.07) is 25.2. The van der Waals surface area contributed by atoms with Crippen LogP contribution in [0.5, 0.6) is 0 Å². The fourth-order valence-electron chi connectivity index (χ4n) is 3.70. The molecule has 0 bridgehead atoms. The fourth-order valence-corrected chi connectivity index (χ4v) is 8.42. The maximum atomic E-state index is 6.22. The summed E-state index contributed by atoms with van der Waals surface area (Å²) in [6.07, 6.45) is 6.05. The number of unbranched alkanes of at least 4 members (excludes halogenated alkanes) is 3. The van der Waals surface area contributed by atoms with Crippen molar-refractivity contribution >= 4 is 58.0 Å². The Morgan fingerprint density at radius 3 is 1.21 bits per heavy atom. The van der Waals surface area contributed by atoms with Crippen molar-refractivity contribution in [2.75, 3.05) is 6.16 Å². The summed E-state index contributed by atoms with van der Waals surface area (Å²) in [4.78, 5) is 0. The SMILES string of the molecule is CCCCCC[P+](c1ccc(Cl)cc1)(c1ccc(Cl)cc1)c1ccc(Cl)cc1. The highest BCUT2D eigenvalue weighted by Crippen LogP contribution is 2.56. The minimum Gasteiger partial charge on any atom is -0.0843 e. The third kappa shape index (κ3) is 4.92. The third-order valence-electron chi connectivity index (χ3n) is 5.15.